The van der Waals surface area contributed by atoms with E-state index in [0.717, 1.165) is 13.7 Å². The normalized spacial score (nSPS) is 26.6. The molecule has 0 bridgehead atoms. The molecule has 0 radical (unpaired) electrons. The summed E-state index contributed by atoms with van der Waals surface area (Å²) in [5.41, 5.74) is 13.7. The number of H-pyrrole nitrogens is 3. The minimum Gasteiger partial charge on any atom is -0.394 e. The van der Waals surface area contributed by atoms with Crippen molar-refractivity contribution in [2.24, 2.45) is 28.4 Å². The third kappa shape index (κ3) is 26.3. The molecule has 0 aromatic carbocycles. The summed E-state index contributed by atoms with van der Waals surface area (Å²) in [4.78, 5) is 127. The van der Waals surface area contributed by atoms with Crippen LogP contribution in [0.25, 0.3) is 11.2 Å². The summed E-state index contributed by atoms with van der Waals surface area (Å²) in [7, 11) is 0. The largest absolute Gasteiger partial charge is 0.394 e. The zero-order valence-corrected chi connectivity index (χ0v) is 76.5. The van der Waals surface area contributed by atoms with Gasteiger partial charge in [0.25, 0.3) is 16.7 Å². The molecule has 45 nitrogen and oxygen atoms in total. The molecular weight excluding hydrogens is 1850 g/mol. The number of amides is 1. The molecule has 0 spiro atoms. The van der Waals surface area contributed by atoms with Crippen LogP contribution in [0.1, 0.15) is 117 Å². The average Bonchev–Trinajstić information content (AvgIpc) is 1.61. The number of aromatic nitrogens is 12. The van der Waals surface area contributed by atoms with Crippen molar-refractivity contribution in [1.29, 1.82) is 0 Å². The van der Waals surface area contributed by atoms with Crippen LogP contribution in [0.2, 0.25) is 0 Å². The number of nitrogens with zero attached hydrogens (tertiary/aromatic N) is 9. The predicted molar refractivity (Wildman–Crippen MR) is 458 cm³/mol. The first-order chi connectivity index (χ1) is 57.5. The van der Waals surface area contributed by atoms with Gasteiger partial charge in [0.2, 0.25) is 17.5 Å². The first kappa shape index (κ1) is 97.5. The van der Waals surface area contributed by atoms with E-state index in [-0.39, 0.29) is 140 Å². The summed E-state index contributed by atoms with van der Waals surface area (Å²) in [6.07, 6.45) is -10.1. The molecule has 19 atom stereocenters. The molecule has 13 N–H and O–H groups in total. The molecule has 55 heteroatoms. The minimum atomic E-state index is -4.72. The van der Waals surface area contributed by atoms with E-state index in [1.54, 1.807) is 0 Å². The van der Waals surface area contributed by atoms with E-state index in [2.05, 4.69) is 80.6 Å². The first-order valence-corrected chi connectivity index (χ1v) is 50.9. The molecule has 11 heterocycles. The number of imidazole rings is 1. The number of halogens is 1. The second kappa shape index (κ2) is 42.0. The van der Waals surface area contributed by atoms with Crippen LogP contribution in [0.15, 0.2) is 81.3 Å². The van der Waals surface area contributed by atoms with Gasteiger partial charge in [-0.1, -0.05) is 78.3 Å². The molecule has 9 unspecified atom stereocenters. The number of fused-ring (bicyclic) bond motifs is 1. The third-order valence-corrected chi connectivity index (χ3v) is 28.5. The van der Waals surface area contributed by atoms with E-state index in [0.29, 0.717) is 26.2 Å². The molecule has 0 aliphatic carbocycles. The summed E-state index contributed by atoms with van der Waals surface area (Å²) in [6, 6.07) is 2.78. The zero-order chi connectivity index (χ0) is 88.6. The van der Waals surface area contributed by atoms with E-state index >= 15 is 0 Å². The first-order valence-electron chi connectivity index (χ1n) is 38.4. The van der Waals surface area contributed by atoms with Crippen LogP contribution in [-0.4, -0.2) is 216 Å². The van der Waals surface area contributed by atoms with Crippen molar-refractivity contribution >= 4 is 137 Å². The lowest BCUT2D eigenvalue weighted by molar-refractivity contribution is -0.124. The maximum absolute atomic E-state index is 14.8. The van der Waals surface area contributed by atoms with Crippen molar-refractivity contribution < 1.29 is 97.6 Å². The quantitative estimate of drug-likeness (QED) is 0.0147. The lowest BCUT2D eigenvalue weighted by Crippen LogP contribution is -2.35. The van der Waals surface area contributed by atoms with Crippen molar-refractivity contribution in [2.75, 3.05) is 110 Å². The molecule has 678 valence electrons. The fraction of sp³-hybridized carbons (Fsp3) is 0.672. The van der Waals surface area contributed by atoms with Gasteiger partial charge in [0.1, 0.15) is 79.4 Å². The lowest BCUT2D eigenvalue weighted by atomic mass is 9.89. The highest BCUT2D eigenvalue weighted by atomic mass is 79.9. The maximum Gasteiger partial charge on any atom is 0.386 e. The number of carbonyl (C=O) groups excluding carboxylic acids is 1. The summed E-state index contributed by atoms with van der Waals surface area (Å²) < 4.78 is 140. The van der Waals surface area contributed by atoms with Crippen molar-refractivity contribution in [3.05, 3.63) is 126 Å². The number of nitrogens with one attached hydrogen (secondary N) is 4. The fourth-order valence-corrected chi connectivity index (χ4v) is 21.3. The third-order valence-electron chi connectivity index (χ3n) is 20.1. The van der Waals surface area contributed by atoms with Crippen LogP contribution in [0, 0.1) is 29.6 Å². The number of aromatic amines is 3. The molecule has 122 heavy (non-hydrogen) atoms. The summed E-state index contributed by atoms with van der Waals surface area (Å²) in [6.45, 7) is -1.16. The number of rotatable bonds is 44. The van der Waals surface area contributed by atoms with Crippen molar-refractivity contribution in [1.82, 2.24) is 63.0 Å². The van der Waals surface area contributed by atoms with Gasteiger partial charge >= 0.3 is 43.1 Å². The van der Waals surface area contributed by atoms with E-state index in [4.69, 9.17) is 137 Å². The number of hydrogen-bond donors (Lipinski definition) is 12. The Morgan fingerprint density at radius 2 is 1.09 bits per heavy atom. The smallest absolute Gasteiger partial charge is 0.386 e. The highest BCUT2D eigenvalue weighted by molar-refractivity contribution is 9.10. The Morgan fingerprint density at radius 1 is 0.607 bits per heavy atom. The average molecular weight is 1960 g/mol. The van der Waals surface area contributed by atoms with Gasteiger partial charge in [0.15, 0.2) is 11.2 Å². The highest BCUT2D eigenvalue weighted by Gasteiger charge is 2.50. The number of aliphatic hydroxyl groups is 1. The molecule has 5 aliphatic heterocycles. The number of carbonyl (C=O) groups is 1. The van der Waals surface area contributed by atoms with Gasteiger partial charge in [-0.15, -0.1) is 0 Å². The fourth-order valence-electron chi connectivity index (χ4n) is 13.8. The van der Waals surface area contributed by atoms with Gasteiger partial charge in [-0.2, -0.15) is 15.0 Å². The predicted octanol–water partition coefficient (Wildman–Crippen LogP) is 3.90. The second-order valence-electron chi connectivity index (χ2n) is 31.1. The molecular formula is C67H100BrN17O28P4S5. The standard InChI is InChI=1S/C67H100BrN17O28P4S5/c1-35(2)37-18-51(81-11-8-48(70)75-62(81)91)106-44(37)27-103-116(120,100-17-16-98-15-14-97-13-10-73-50(87)23-66(4,5)32-99-33-67(6,7)31-69)112-41-21-53(83-24-36(3)58(88)79-64(83)93)108-47(41)30-104-117(121,122)113-42-22-55(85-34-74-56-57(85)77-61(72)78-60(56)90)109-46(42)29-102-115(96,119)111-40-20-52(82-12-9-49(71)76-63(82)92)107-45(40)28-101-114(95,118)110-39-19-54(105-43(39)26-86)84-25-38(68)59(89)80-65(84)94/h8-9,11-12,24-25,34-35,37,39-47,51-55,86H,10,13-23,26-33,69H2,1-7H3,(H,73,87)(H,95,118)(H,96,119)(H,121,122)(H2,70,75,91)(H2,71,76,92)(H,79,88,93)(H,80,89,94)(H3,72,77,78,90)/t37?,39?,40?,41?,42?,43-,44-,45-,46-,47-,51-,52-,53-,54-,55-,114?,115?,116?/m1/s1. The van der Waals surface area contributed by atoms with Crippen LogP contribution in [0.3, 0.4) is 0 Å². The Bertz CT molecular complexity index is 5320. The number of thiol groups is 3. The van der Waals surface area contributed by atoms with E-state index in [9.17, 15) is 52.6 Å². The molecule has 5 saturated heterocycles. The zero-order valence-electron chi connectivity index (χ0n) is 67.1. The van der Waals surface area contributed by atoms with Crippen LogP contribution < -0.4 is 67.7 Å². The number of aliphatic hydroxyl groups excluding tert-OH is 1. The van der Waals surface area contributed by atoms with Crippen molar-refractivity contribution in [3.8, 4) is 0 Å². The SMILES string of the molecule is Cc1cn([C@H]2CC(OP(=S)(OCCOCCOCCNC(=O)CC(C)(C)COCC(C)(C)CN)OC[C@H]3O[C@@H](n4ccc(N)nc4=O)CC3C(C)C)[C@@H](COP(=S)(S)OC3C[C@H](n4cnc5c(=O)[nH]c(N)nc54)O[C@@H]3COP(=O)(S)OC3C[C@H](n4ccc(N)nc4=O)O[C@@H]3COP(=O)(S)OC3C[C@H](n4cc(Br)c(=O)[nH]c4=O)O[C@@H]3CO)O2)c(=O)[nH]c1=O. The highest BCUT2D eigenvalue weighted by Crippen LogP contribution is 2.62. The molecule has 6 aromatic heterocycles. The van der Waals surface area contributed by atoms with Crippen molar-refractivity contribution in [2.45, 2.75) is 173 Å². The Balaban J connectivity index is 0.789. The van der Waals surface area contributed by atoms with Crippen LogP contribution in [0.4, 0.5) is 17.6 Å². The minimum absolute atomic E-state index is 0.0146. The number of nitrogen functional groups attached to an aromatic ring is 3. The molecule has 0 saturated carbocycles. The Morgan fingerprint density at radius 3 is 1.66 bits per heavy atom. The summed E-state index contributed by atoms with van der Waals surface area (Å²) in [5.74, 6) is -0.781. The summed E-state index contributed by atoms with van der Waals surface area (Å²) in [5, 5.41) is 13.1. The Kier molecular flexibility index (Phi) is 33.5. The number of hydrogen-bond acceptors (Lipinski definition) is 38. The molecule has 5 fully saturated rings. The molecule has 11 rings (SSSR count). The topological polar surface area (TPSA) is 588 Å². The Hall–Kier alpha value is -5.13. The monoisotopic (exact) mass is 1950 g/mol. The Labute approximate surface area is 730 Å². The van der Waals surface area contributed by atoms with Gasteiger partial charge in [0.05, 0.1) is 108 Å². The van der Waals surface area contributed by atoms with E-state index < -0.39 is 183 Å². The van der Waals surface area contributed by atoms with Crippen molar-refractivity contribution in [3.63, 3.8) is 0 Å². The van der Waals surface area contributed by atoms with Gasteiger partial charge in [-0.3, -0.25) is 75.1 Å². The van der Waals surface area contributed by atoms with Gasteiger partial charge in [0, 0.05) is 74.4 Å². The van der Waals surface area contributed by atoms with Gasteiger partial charge < -0.3 is 93.9 Å². The summed E-state index contributed by atoms with van der Waals surface area (Å²) >= 11 is 28.7. The number of nitrogens with two attached hydrogens (primary N) is 4. The van der Waals surface area contributed by atoms with Gasteiger partial charge in [-0.05, 0) is 88.8 Å². The lowest BCUT2D eigenvalue weighted by Gasteiger charge is -2.30. The molecule has 1 amide bonds. The number of ether oxygens (including phenoxy) is 8. The van der Waals surface area contributed by atoms with Crippen LogP contribution >= 0.6 is 78.7 Å². The second-order valence-corrected chi connectivity index (χ2v) is 45.9. The van der Waals surface area contributed by atoms with E-state index in [1.165, 1.54) is 59.3 Å². The van der Waals surface area contributed by atoms with E-state index in [1.807, 2.05) is 41.5 Å². The number of aryl methyl sites for hydroxylation is 1. The van der Waals surface area contributed by atoms with Crippen LogP contribution in [-0.2, 0) is 116 Å². The number of anilines is 3. The maximum atomic E-state index is 14.8. The van der Waals surface area contributed by atoms with Crippen LogP contribution in [0.5, 0.6) is 0 Å². The molecule has 6 aromatic rings. The van der Waals surface area contributed by atoms with Gasteiger partial charge in [-0.25, -0.2) is 33.3 Å². The molecule has 5 aliphatic rings.